The van der Waals surface area contributed by atoms with E-state index >= 15 is 0 Å². The van der Waals surface area contributed by atoms with Gasteiger partial charge in [0, 0.05) is 27.8 Å². The second-order valence-corrected chi connectivity index (χ2v) is 13.1. The molecular formula is C48H29NO. The summed E-state index contributed by atoms with van der Waals surface area (Å²) >= 11 is 0. The van der Waals surface area contributed by atoms with Crippen LogP contribution in [0.1, 0.15) is 28.2 Å². The van der Waals surface area contributed by atoms with Gasteiger partial charge in [0.2, 0.25) is 0 Å². The van der Waals surface area contributed by atoms with E-state index < -0.39 is 0 Å². The largest absolute Gasteiger partial charge is 0.455 e. The summed E-state index contributed by atoms with van der Waals surface area (Å²) in [5.74, 6) is 1.84. The first kappa shape index (κ1) is 28.3. The van der Waals surface area contributed by atoms with Gasteiger partial charge in [-0.1, -0.05) is 158 Å². The highest BCUT2D eigenvalue weighted by atomic mass is 16.5. The van der Waals surface area contributed by atoms with E-state index in [2.05, 4.69) is 152 Å². The molecule has 0 fully saturated rings. The fourth-order valence-corrected chi connectivity index (χ4v) is 8.11. The van der Waals surface area contributed by atoms with Gasteiger partial charge in [-0.2, -0.15) is 5.26 Å². The van der Waals surface area contributed by atoms with Gasteiger partial charge in [-0.05, 0) is 72.3 Å². The molecule has 9 aromatic rings. The molecule has 0 aliphatic carbocycles. The lowest BCUT2D eigenvalue weighted by Crippen LogP contribution is -2.14. The summed E-state index contributed by atoms with van der Waals surface area (Å²) < 4.78 is 7.21. The molecule has 10 rings (SSSR count). The first-order valence-electron chi connectivity index (χ1n) is 17.0. The number of ether oxygens (including phenoxy) is 1. The van der Waals surface area contributed by atoms with Gasteiger partial charge in [0.25, 0.3) is 0 Å². The van der Waals surface area contributed by atoms with Crippen LogP contribution in [0.3, 0.4) is 0 Å². The Morgan fingerprint density at radius 2 is 0.680 bits per heavy atom. The quantitative estimate of drug-likeness (QED) is 0.181. The second kappa shape index (κ2) is 11.2. The SMILES string of the molecule is N#Cc1ccc(-c2ccc(-c3ccc(C4c5c(c6ccccc6c6ccccc56)Oc5c4c4ccccc4c4ccccc54)cc3)cc2)cc1. The molecule has 1 aliphatic heterocycles. The minimum Gasteiger partial charge on any atom is -0.455 e. The summed E-state index contributed by atoms with van der Waals surface area (Å²) in [7, 11) is 0. The molecule has 9 aromatic carbocycles. The molecule has 1 heterocycles. The molecule has 0 saturated carbocycles. The summed E-state index contributed by atoms with van der Waals surface area (Å²) in [6.45, 7) is 0. The third-order valence-electron chi connectivity index (χ3n) is 10.4. The molecule has 0 amide bonds. The summed E-state index contributed by atoms with van der Waals surface area (Å²) in [6.07, 6.45) is 0. The van der Waals surface area contributed by atoms with Gasteiger partial charge in [0.05, 0.1) is 11.6 Å². The topological polar surface area (TPSA) is 33.0 Å². The Balaban J connectivity index is 1.19. The summed E-state index contributed by atoms with van der Waals surface area (Å²) in [5.41, 5.74) is 8.88. The summed E-state index contributed by atoms with van der Waals surface area (Å²) in [5, 5.41) is 18.8. The maximum absolute atomic E-state index is 9.18. The molecule has 0 atom stereocenters. The van der Waals surface area contributed by atoms with Crippen molar-refractivity contribution in [2.75, 3.05) is 0 Å². The van der Waals surface area contributed by atoms with E-state index in [0.29, 0.717) is 5.56 Å². The highest BCUT2D eigenvalue weighted by molar-refractivity contribution is 6.17. The van der Waals surface area contributed by atoms with E-state index in [0.717, 1.165) is 39.0 Å². The van der Waals surface area contributed by atoms with Crippen molar-refractivity contribution in [2.24, 2.45) is 0 Å². The average Bonchev–Trinajstić information content (AvgIpc) is 3.20. The van der Waals surface area contributed by atoms with Crippen LogP contribution in [0.4, 0.5) is 0 Å². The Kier molecular flexibility index (Phi) is 6.34. The smallest absolute Gasteiger partial charge is 0.140 e. The van der Waals surface area contributed by atoms with E-state index in [9.17, 15) is 5.26 Å². The number of hydrogen-bond donors (Lipinski definition) is 0. The molecule has 0 radical (unpaired) electrons. The Bertz CT molecular complexity index is 2700. The van der Waals surface area contributed by atoms with Crippen molar-refractivity contribution < 1.29 is 4.74 Å². The van der Waals surface area contributed by atoms with Crippen molar-refractivity contribution in [3.63, 3.8) is 0 Å². The van der Waals surface area contributed by atoms with Gasteiger partial charge in [-0.3, -0.25) is 0 Å². The van der Waals surface area contributed by atoms with Crippen LogP contribution in [0.15, 0.2) is 170 Å². The van der Waals surface area contributed by atoms with Crippen LogP contribution in [0.2, 0.25) is 0 Å². The molecule has 0 aromatic heterocycles. The third kappa shape index (κ3) is 4.27. The lowest BCUT2D eigenvalue weighted by Gasteiger charge is -2.33. The highest BCUT2D eigenvalue weighted by Crippen LogP contribution is 2.57. The predicted octanol–water partition coefficient (Wildman–Crippen LogP) is 12.8. The summed E-state index contributed by atoms with van der Waals surface area (Å²) in [6, 6.07) is 62.6. The third-order valence-corrected chi connectivity index (χ3v) is 10.4. The predicted molar refractivity (Wildman–Crippen MR) is 206 cm³/mol. The van der Waals surface area contributed by atoms with Gasteiger partial charge in [-0.25, -0.2) is 0 Å². The Labute approximate surface area is 290 Å². The Hall–Kier alpha value is -6.69. The molecule has 2 nitrogen and oxygen atoms in total. The van der Waals surface area contributed by atoms with E-state index in [4.69, 9.17) is 4.74 Å². The standard InChI is InChI=1S/C48H29NO/c49-29-30-17-19-31(20-18-30)32-21-23-33(24-22-32)34-25-27-35(28-26-34)44-45-40-13-5-1-9-36(40)38-11-3-7-15-42(38)47(45)50-48-43-16-8-4-12-39(43)37-10-2-6-14-41(37)46(44)48/h1-28,44H. The summed E-state index contributed by atoms with van der Waals surface area (Å²) in [4.78, 5) is 0. The van der Waals surface area contributed by atoms with E-state index in [1.807, 2.05) is 24.3 Å². The Morgan fingerprint density at radius 1 is 0.360 bits per heavy atom. The van der Waals surface area contributed by atoms with Crippen LogP contribution in [0.25, 0.3) is 65.3 Å². The molecule has 50 heavy (non-hydrogen) atoms. The number of nitrogens with zero attached hydrogens (tertiary/aromatic N) is 1. The second-order valence-electron chi connectivity index (χ2n) is 13.1. The van der Waals surface area contributed by atoms with E-state index in [-0.39, 0.29) is 5.92 Å². The number of nitriles is 1. The molecule has 232 valence electrons. The molecule has 2 heteroatoms. The maximum Gasteiger partial charge on any atom is 0.140 e. The minimum absolute atomic E-state index is 0.0504. The van der Waals surface area contributed by atoms with Crippen molar-refractivity contribution >= 4 is 43.1 Å². The molecule has 0 N–H and O–H groups in total. The lowest BCUT2D eigenvalue weighted by atomic mass is 9.76. The molecule has 1 aliphatic rings. The lowest BCUT2D eigenvalue weighted by molar-refractivity contribution is 0.467. The van der Waals surface area contributed by atoms with E-state index in [1.54, 1.807) is 0 Å². The van der Waals surface area contributed by atoms with Crippen LogP contribution >= 0.6 is 0 Å². The monoisotopic (exact) mass is 635 g/mol. The molecule has 0 unspecified atom stereocenters. The van der Waals surface area contributed by atoms with Crippen molar-refractivity contribution in [3.05, 3.63) is 192 Å². The maximum atomic E-state index is 9.18. The normalized spacial score (nSPS) is 12.5. The average molecular weight is 636 g/mol. The van der Waals surface area contributed by atoms with Gasteiger partial charge in [0.15, 0.2) is 0 Å². The zero-order valence-corrected chi connectivity index (χ0v) is 27.1. The first-order valence-corrected chi connectivity index (χ1v) is 17.0. The zero-order chi connectivity index (χ0) is 33.2. The van der Waals surface area contributed by atoms with Crippen LogP contribution < -0.4 is 4.74 Å². The van der Waals surface area contributed by atoms with Gasteiger partial charge < -0.3 is 4.74 Å². The molecule has 0 bridgehead atoms. The molecule has 0 saturated heterocycles. The van der Waals surface area contributed by atoms with E-state index in [1.165, 1.54) is 54.6 Å². The van der Waals surface area contributed by atoms with Gasteiger partial charge in [0.1, 0.15) is 11.5 Å². The van der Waals surface area contributed by atoms with Crippen molar-refractivity contribution in [2.45, 2.75) is 5.92 Å². The van der Waals surface area contributed by atoms with Gasteiger partial charge in [-0.15, -0.1) is 0 Å². The molecule has 0 spiro atoms. The number of fused-ring (bicyclic) bond motifs is 12. The molecular weight excluding hydrogens is 607 g/mol. The van der Waals surface area contributed by atoms with Crippen molar-refractivity contribution in [1.82, 2.24) is 0 Å². The fraction of sp³-hybridized carbons (Fsp3) is 0.0208. The number of hydrogen-bond acceptors (Lipinski definition) is 2. The number of benzene rings is 9. The van der Waals surface area contributed by atoms with Crippen molar-refractivity contribution in [3.8, 4) is 39.8 Å². The number of rotatable bonds is 3. The van der Waals surface area contributed by atoms with Crippen LogP contribution in [-0.4, -0.2) is 0 Å². The van der Waals surface area contributed by atoms with Gasteiger partial charge >= 0.3 is 0 Å². The Morgan fingerprint density at radius 3 is 1.08 bits per heavy atom. The first-order chi connectivity index (χ1) is 24.8. The van der Waals surface area contributed by atoms with Crippen LogP contribution in [-0.2, 0) is 0 Å². The fourth-order valence-electron chi connectivity index (χ4n) is 8.11. The van der Waals surface area contributed by atoms with Crippen LogP contribution in [0, 0.1) is 11.3 Å². The van der Waals surface area contributed by atoms with Crippen LogP contribution in [0.5, 0.6) is 11.5 Å². The van der Waals surface area contributed by atoms with Crippen molar-refractivity contribution in [1.29, 1.82) is 5.26 Å². The minimum atomic E-state index is -0.0504. The zero-order valence-electron chi connectivity index (χ0n) is 27.1. The highest BCUT2D eigenvalue weighted by Gasteiger charge is 2.35.